The lowest BCUT2D eigenvalue weighted by molar-refractivity contribution is -0.141. The molecule has 0 spiro atoms. The van der Waals surface area contributed by atoms with Crippen molar-refractivity contribution < 1.29 is 17.9 Å². The number of aromatic nitrogens is 2. The minimum atomic E-state index is -4.59. The summed E-state index contributed by atoms with van der Waals surface area (Å²) in [6, 6.07) is 5.72. The number of halogens is 4. The van der Waals surface area contributed by atoms with E-state index in [4.69, 9.17) is 10.5 Å². The van der Waals surface area contributed by atoms with Gasteiger partial charge in [0.25, 0.3) is 0 Å². The Morgan fingerprint density at radius 1 is 1.24 bits per heavy atom. The molecule has 0 amide bonds. The van der Waals surface area contributed by atoms with Gasteiger partial charge in [0.15, 0.2) is 5.69 Å². The van der Waals surface area contributed by atoms with E-state index in [2.05, 4.69) is 31.2 Å². The van der Waals surface area contributed by atoms with Crippen molar-refractivity contribution in [2.75, 3.05) is 18.2 Å². The van der Waals surface area contributed by atoms with Crippen molar-refractivity contribution in [3.63, 3.8) is 0 Å². The van der Waals surface area contributed by atoms with E-state index < -0.39 is 17.8 Å². The summed E-state index contributed by atoms with van der Waals surface area (Å²) in [5.74, 6) is 0.0885. The molecule has 2 aromatic rings. The molecule has 21 heavy (non-hydrogen) atoms. The number of alkyl halides is 3. The Labute approximate surface area is 126 Å². The molecular weight excluding hydrogens is 353 g/mol. The van der Waals surface area contributed by atoms with E-state index in [0.717, 1.165) is 6.07 Å². The molecule has 0 aliphatic carbocycles. The second-order valence-corrected chi connectivity index (χ2v) is 4.82. The first-order chi connectivity index (χ1) is 9.79. The number of hydrogen-bond acceptors (Lipinski definition) is 5. The summed E-state index contributed by atoms with van der Waals surface area (Å²) in [5, 5.41) is 2.73. The van der Waals surface area contributed by atoms with Crippen LogP contribution in [0.5, 0.6) is 5.75 Å². The monoisotopic (exact) mass is 362 g/mol. The third-order valence-electron chi connectivity index (χ3n) is 2.46. The fourth-order valence-electron chi connectivity index (χ4n) is 1.57. The van der Waals surface area contributed by atoms with Crippen molar-refractivity contribution in [1.29, 1.82) is 0 Å². The smallest absolute Gasteiger partial charge is 0.433 e. The van der Waals surface area contributed by atoms with Gasteiger partial charge in [-0.2, -0.15) is 18.2 Å². The van der Waals surface area contributed by atoms with Crippen molar-refractivity contribution in [2.45, 2.75) is 6.18 Å². The van der Waals surface area contributed by atoms with Crippen LogP contribution in [0.15, 0.2) is 28.7 Å². The van der Waals surface area contributed by atoms with Gasteiger partial charge in [-0.05, 0) is 34.1 Å². The molecule has 0 atom stereocenters. The standard InChI is InChI=1S/C12H10BrF3N4O/c1-21-8-3-2-6(4-7(8)13)18-10-5-9(12(14,15)16)19-11(17)20-10/h2-5H,1H3,(H3,17,18,19,20). The number of benzene rings is 1. The van der Waals surface area contributed by atoms with Crippen LogP contribution in [0.3, 0.4) is 0 Å². The summed E-state index contributed by atoms with van der Waals surface area (Å²) < 4.78 is 43.7. The van der Waals surface area contributed by atoms with Crippen LogP contribution >= 0.6 is 15.9 Å². The SMILES string of the molecule is COc1ccc(Nc2cc(C(F)(F)F)nc(N)n2)cc1Br. The number of anilines is 3. The van der Waals surface area contributed by atoms with E-state index >= 15 is 0 Å². The van der Waals surface area contributed by atoms with Gasteiger partial charge in [-0.3, -0.25) is 0 Å². The lowest BCUT2D eigenvalue weighted by Gasteiger charge is -2.11. The zero-order chi connectivity index (χ0) is 15.6. The Hall–Kier alpha value is -2.03. The van der Waals surface area contributed by atoms with E-state index in [1.54, 1.807) is 18.2 Å². The van der Waals surface area contributed by atoms with Gasteiger partial charge in [0.05, 0.1) is 11.6 Å². The van der Waals surface area contributed by atoms with Crippen LogP contribution in [0.1, 0.15) is 5.69 Å². The largest absolute Gasteiger partial charge is 0.496 e. The Balaban J connectivity index is 2.31. The molecule has 1 aromatic heterocycles. The number of ether oxygens (including phenoxy) is 1. The van der Waals surface area contributed by atoms with Gasteiger partial charge in [-0.25, -0.2) is 4.98 Å². The van der Waals surface area contributed by atoms with Crippen LogP contribution in [0, 0.1) is 0 Å². The predicted octanol–water partition coefficient (Wildman–Crippen LogP) is 3.59. The molecule has 1 heterocycles. The van der Waals surface area contributed by atoms with Crippen molar-refractivity contribution in [2.24, 2.45) is 0 Å². The second kappa shape index (κ2) is 5.76. The fourth-order valence-corrected chi connectivity index (χ4v) is 2.11. The molecule has 0 unspecified atom stereocenters. The van der Waals surface area contributed by atoms with Gasteiger partial charge in [0.2, 0.25) is 5.95 Å². The molecule has 0 bridgehead atoms. The summed E-state index contributed by atoms with van der Waals surface area (Å²) in [4.78, 5) is 6.89. The number of nitrogens with two attached hydrogens (primary N) is 1. The molecule has 112 valence electrons. The number of nitrogen functional groups attached to an aromatic ring is 1. The summed E-state index contributed by atoms with van der Waals surface area (Å²) in [7, 11) is 1.51. The van der Waals surface area contributed by atoms with Crippen LogP contribution in [-0.4, -0.2) is 17.1 Å². The molecule has 2 rings (SSSR count). The number of hydrogen-bond donors (Lipinski definition) is 2. The molecule has 0 fully saturated rings. The summed E-state index contributed by atoms with van der Waals surface area (Å²) in [6.45, 7) is 0. The lowest BCUT2D eigenvalue weighted by Crippen LogP contribution is -2.12. The highest BCUT2D eigenvalue weighted by molar-refractivity contribution is 9.10. The van der Waals surface area contributed by atoms with E-state index in [1.165, 1.54) is 7.11 Å². The topological polar surface area (TPSA) is 73.1 Å². The quantitative estimate of drug-likeness (QED) is 0.872. The van der Waals surface area contributed by atoms with Crippen LogP contribution in [0.25, 0.3) is 0 Å². The molecule has 0 saturated heterocycles. The maximum Gasteiger partial charge on any atom is 0.433 e. The molecule has 0 aliphatic rings. The average Bonchev–Trinajstić information content (AvgIpc) is 2.37. The third kappa shape index (κ3) is 3.75. The van der Waals surface area contributed by atoms with Crippen molar-refractivity contribution in [1.82, 2.24) is 9.97 Å². The molecule has 0 saturated carbocycles. The Bertz CT molecular complexity index is 663. The average molecular weight is 363 g/mol. The Kier molecular flexibility index (Phi) is 4.21. The number of methoxy groups -OCH3 is 1. The maximum absolute atomic E-state index is 12.7. The minimum Gasteiger partial charge on any atom is -0.496 e. The minimum absolute atomic E-state index is 0.0492. The zero-order valence-electron chi connectivity index (χ0n) is 10.7. The summed E-state index contributed by atoms with van der Waals surface area (Å²) in [6.07, 6.45) is -4.59. The van der Waals surface area contributed by atoms with E-state index in [0.29, 0.717) is 15.9 Å². The van der Waals surface area contributed by atoms with Crippen LogP contribution < -0.4 is 15.8 Å². The van der Waals surface area contributed by atoms with Crippen molar-refractivity contribution in [3.05, 3.63) is 34.4 Å². The number of nitrogens with zero attached hydrogens (tertiary/aromatic N) is 2. The maximum atomic E-state index is 12.7. The summed E-state index contributed by atoms with van der Waals surface area (Å²) >= 11 is 3.28. The molecule has 5 nitrogen and oxygen atoms in total. The normalized spacial score (nSPS) is 11.3. The second-order valence-electron chi connectivity index (χ2n) is 3.97. The molecular formula is C12H10BrF3N4O. The van der Waals surface area contributed by atoms with Gasteiger partial charge in [-0.1, -0.05) is 0 Å². The van der Waals surface area contributed by atoms with Crippen LogP contribution in [-0.2, 0) is 6.18 Å². The molecule has 9 heteroatoms. The summed E-state index contributed by atoms with van der Waals surface area (Å²) in [5.41, 5.74) is 4.71. The first kappa shape index (κ1) is 15.4. The fraction of sp³-hybridized carbons (Fsp3) is 0.167. The third-order valence-corrected chi connectivity index (χ3v) is 3.08. The van der Waals surface area contributed by atoms with Gasteiger partial charge in [0.1, 0.15) is 11.6 Å². The van der Waals surface area contributed by atoms with Crippen LogP contribution in [0.2, 0.25) is 0 Å². The first-order valence-electron chi connectivity index (χ1n) is 5.62. The van der Waals surface area contributed by atoms with Gasteiger partial charge in [-0.15, -0.1) is 0 Å². The lowest BCUT2D eigenvalue weighted by atomic mass is 10.3. The highest BCUT2D eigenvalue weighted by Crippen LogP contribution is 2.31. The van der Waals surface area contributed by atoms with E-state index in [1.807, 2.05) is 0 Å². The van der Waals surface area contributed by atoms with Crippen LogP contribution in [0.4, 0.5) is 30.6 Å². The zero-order valence-corrected chi connectivity index (χ0v) is 12.3. The molecule has 0 aliphatic heterocycles. The van der Waals surface area contributed by atoms with Gasteiger partial charge < -0.3 is 15.8 Å². The Morgan fingerprint density at radius 3 is 2.52 bits per heavy atom. The number of rotatable bonds is 3. The van der Waals surface area contributed by atoms with E-state index in [9.17, 15) is 13.2 Å². The highest BCUT2D eigenvalue weighted by Gasteiger charge is 2.33. The number of nitrogens with one attached hydrogen (secondary N) is 1. The van der Waals surface area contributed by atoms with E-state index in [-0.39, 0.29) is 5.82 Å². The van der Waals surface area contributed by atoms with Crippen molar-refractivity contribution >= 4 is 33.4 Å². The molecule has 1 aromatic carbocycles. The predicted molar refractivity (Wildman–Crippen MR) is 75.4 cm³/mol. The first-order valence-corrected chi connectivity index (χ1v) is 6.41. The van der Waals surface area contributed by atoms with Gasteiger partial charge >= 0.3 is 6.18 Å². The molecule has 3 N–H and O–H groups in total. The highest BCUT2D eigenvalue weighted by atomic mass is 79.9. The molecule has 0 radical (unpaired) electrons. The van der Waals surface area contributed by atoms with Crippen molar-refractivity contribution in [3.8, 4) is 5.75 Å². The Morgan fingerprint density at radius 2 is 1.95 bits per heavy atom. The van der Waals surface area contributed by atoms with Gasteiger partial charge in [0, 0.05) is 11.8 Å².